The molecule has 0 aliphatic carbocycles. The van der Waals surface area contributed by atoms with E-state index in [1.807, 2.05) is 0 Å². The molecule has 0 bridgehead atoms. The van der Waals surface area contributed by atoms with Gasteiger partial charge in [0.2, 0.25) is 10.0 Å². The molecule has 0 radical (unpaired) electrons. The van der Waals surface area contributed by atoms with E-state index in [9.17, 15) is 22.7 Å². The van der Waals surface area contributed by atoms with Gasteiger partial charge >= 0.3 is 5.97 Å². The molecule has 3 atom stereocenters. The van der Waals surface area contributed by atoms with Crippen molar-refractivity contribution in [3.8, 4) is 0 Å². The van der Waals surface area contributed by atoms with Crippen molar-refractivity contribution in [2.24, 2.45) is 0 Å². The average Bonchev–Trinajstić information content (AvgIpc) is 2.56. The Labute approximate surface area is 139 Å². The molecule has 7 nitrogen and oxygen atoms in total. The van der Waals surface area contributed by atoms with E-state index >= 15 is 0 Å². The first-order chi connectivity index (χ1) is 11.4. The predicted molar refractivity (Wildman–Crippen MR) is 82.1 cm³/mol. The predicted octanol–water partition coefficient (Wildman–Crippen LogP) is 0.576. The summed E-state index contributed by atoms with van der Waals surface area (Å²) in [5.41, 5.74) is 0. The SMILES string of the molecule is COC(=O)C[C@H]1CC[C@@H](NS(=O)(=O)c2ccccc2F)[C@@H](CO)O1. The van der Waals surface area contributed by atoms with Gasteiger partial charge in [0.25, 0.3) is 0 Å². The minimum absolute atomic E-state index is 0.0276. The van der Waals surface area contributed by atoms with Crippen LogP contribution in [0.25, 0.3) is 0 Å². The Balaban J connectivity index is 2.07. The largest absolute Gasteiger partial charge is 0.469 e. The summed E-state index contributed by atoms with van der Waals surface area (Å²) in [6.45, 7) is -0.428. The molecular weight excluding hydrogens is 341 g/mol. The molecule has 0 saturated carbocycles. The van der Waals surface area contributed by atoms with E-state index in [-0.39, 0.29) is 6.42 Å². The van der Waals surface area contributed by atoms with Crippen molar-refractivity contribution in [3.05, 3.63) is 30.1 Å². The van der Waals surface area contributed by atoms with Crippen molar-refractivity contribution in [1.82, 2.24) is 4.72 Å². The quantitative estimate of drug-likeness (QED) is 0.719. The molecule has 1 aromatic rings. The van der Waals surface area contributed by atoms with E-state index in [1.54, 1.807) is 0 Å². The van der Waals surface area contributed by atoms with Crippen LogP contribution in [0, 0.1) is 5.82 Å². The lowest BCUT2D eigenvalue weighted by Gasteiger charge is -2.35. The molecule has 1 saturated heterocycles. The summed E-state index contributed by atoms with van der Waals surface area (Å²) in [4.78, 5) is 10.8. The van der Waals surface area contributed by atoms with Crippen LogP contribution in [0.15, 0.2) is 29.2 Å². The van der Waals surface area contributed by atoms with Gasteiger partial charge in [-0.1, -0.05) is 12.1 Å². The van der Waals surface area contributed by atoms with Gasteiger partial charge in [-0.25, -0.2) is 17.5 Å². The van der Waals surface area contributed by atoms with E-state index in [1.165, 1.54) is 19.2 Å². The number of hydrogen-bond acceptors (Lipinski definition) is 6. The Hall–Kier alpha value is -1.55. The number of aliphatic hydroxyl groups is 1. The van der Waals surface area contributed by atoms with E-state index in [0.29, 0.717) is 12.8 Å². The minimum Gasteiger partial charge on any atom is -0.469 e. The second-order valence-corrected chi connectivity index (χ2v) is 7.18. The molecule has 0 amide bonds. The van der Waals surface area contributed by atoms with Gasteiger partial charge in [-0.2, -0.15) is 0 Å². The number of sulfonamides is 1. The summed E-state index contributed by atoms with van der Waals surface area (Å²) in [6, 6.07) is 4.32. The Kier molecular flexibility index (Phi) is 6.27. The fourth-order valence-corrected chi connectivity index (χ4v) is 3.99. The highest BCUT2D eigenvalue weighted by Gasteiger charge is 2.35. The van der Waals surface area contributed by atoms with Crippen molar-refractivity contribution in [3.63, 3.8) is 0 Å². The highest BCUT2D eigenvalue weighted by Crippen LogP contribution is 2.24. The van der Waals surface area contributed by atoms with E-state index in [2.05, 4.69) is 9.46 Å². The van der Waals surface area contributed by atoms with Gasteiger partial charge in [0.05, 0.1) is 38.4 Å². The highest BCUT2D eigenvalue weighted by molar-refractivity contribution is 7.89. The molecule has 2 N–H and O–H groups in total. The Morgan fingerprint density at radius 2 is 2.12 bits per heavy atom. The molecule has 2 rings (SSSR count). The number of carbonyl (C=O) groups excluding carboxylic acids is 1. The maximum Gasteiger partial charge on any atom is 0.308 e. The first-order valence-corrected chi connectivity index (χ1v) is 8.95. The van der Waals surface area contributed by atoms with Gasteiger partial charge in [0, 0.05) is 0 Å². The lowest BCUT2D eigenvalue weighted by atomic mass is 9.98. The zero-order valence-electron chi connectivity index (χ0n) is 13.1. The number of benzene rings is 1. The van der Waals surface area contributed by atoms with Gasteiger partial charge in [-0.15, -0.1) is 0 Å². The molecule has 0 spiro atoms. The lowest BCUT2D eigenvalue weighted by Crippen LogP contribution is -2.51. The molecule has 1 heterocycles. The molecule has 1 fully saturated rings. The molecule has 1 aliphatic rings. The van der Waals surface area contributed by atoms with Crippen molar-refractivity contribution in [1.29, 1.82) is 0 Å². The van der Waals surface area contributed by atoms with Gasteiger partial charge in [0.1, 0.15) is 10.7 Å². The van der Waals surface area contributed by atoms with Crippen molar-refractivity contribution >= 4 is 16.0 Å². The highest BCUT2D eigenvalue weighted by atomic mass is 32.2. The zero-order valence-corrected chi connectivity index (χ0v) is 14.0. The fraction of sp³-hybridized carbons (Fsp3) is 0.533. The number of carbonyl (C=O) groups is 1. The molecular formula is C15H20FNO6S. The Morgan fingerprint density at radius 1 is 1.42 bits per heavy atom. The van der Waals surface area contributed by atoms with E-state index in [0.717, 1.165) is 12.1 Å². The molecule has 1 aliphatic heterocycles. The standard InChI is InChI=1S/C15H20FNO6S/c1-22-15(19)8-10-6-7-12(13(9-18)23-10)17-24(20,21)14-5-3-2-4-11(14)16/h2-5,10,12-13,17-18H,6-9H2,1H3/t10-,12-,13-/m1/s1. The molecule has 0 aromatic heterocycles. The zero-order chi connectivity index (χ0) is 17.7. The number of aliphatic hydroxyl groups excluding tert-OH is 1. The summed E-state index contributed by atoms with van der Waals surface area (Å²) >= 11 is 0. The minimum atomic E-state index is -4.09. The molecule has 134 valence electrons. The maximum atomic E-state index is 13.7. The topological polar surface area (TPSA) is 102 Å². The summed E-state index contributed by atoms with van der Waals surface area (Å²) in [7, 11) is -2.82. The second kappa shape index (κ2) is 8.02. The third kappa shape index (κ3) is 4.50. The summed E-state index contributed by atoms with van der Waals surface area (Å²) < 4.78 is 50.9. The van der Waals surface area contributed by atoms with Crippen LogP contribution in [-0.4, -0.2) is 51.5 Å². The number of rotatable bonds is 6. The Bertz CT molecular complexity index is 680. The number of hydrogen-bond donors (Lipinski definition) is 2. The number of esters is 1. The first kappa shape index (κ1) is 18.8. The molecule has 9 heteroatoms. The number of nitrogens with one attached hydrogen (secondary N) is 1. The van der Waals surface area contributed by atoms with Crippen LogP contribution in [0.1, 0.15) is 19.3 Å². The normalized spacial score (nSPS) is 24.5. The van der Waals surface area contributed by atoms with Crippen LogP contribution in [-0.2, 0) is 24.3 Å². The van der Waals surface area contributed by atoms with Gasteiger partial charge < -0.3 is 14.6 Å². The van der Waals surface area contributed by atoms with Crippen molar-refractivity contribution < 1.29 is 32.2 Å². The van der Waals surface area contributed by atoms with Gasteiger partial charge in [-0.05, 0) is 25.0 Å². The van der Waals surface area contributed by atoms with Crippen LogP contribution in [0.3, 0.4) is 0 Å². The molecule has 24 heavy (non-hydrogen) atoms. The summed E-state index contributed by atoms with van der Waals surface area (Å²) in [6.07, 6.45) is -0.491. The second-order valence-electron chi connectivity index (χ2n) is 5.49. The lowest BCUT2D eigenvalue weighted by molar-refractivity contribution is -0.149. The van der Waals surface area contributed by atoms with Crippen LogP contribution >= 0.6 is 0 Å². The third-order valence-electron chi connectivity index (χ3n) is 3.85. The van der Waals surface area contributed by atoms with Crippen LogP contribution in [0.4, 0.5) is 4.39 Å². The van der Waals surface area contributed by atoms with Crippen molar-refractivity contribution in [2.75, 3.05) is 13.7 Å². The van der Waals surface area contributed by atoms with E-state index in [4.69, 9.17) is 4.74 Å². The van der Waals surface area contributed by atoms with Gasteiger partial charge in [0.15, 0.2) is 0 Å². The number of halogens is 1. The number of ether oxygens (including phenoxy) is 2. The summed E-state index contributed by atoms with van der Waals surface area (Å²) in [5, 5.41) is 9.44. The third-order valence-corrected chi connectivity index (χ3v) is 5.37. The maximum absolute atomic E-state index is 13.7. The van der Waals surface area contributed by atoms with Crippen LogP contribution in [0.2, 0.25) is 0 Å². The molecule has 1 aromatic carbocycles. The van der Waals surface area contributed by atoms with Crippen LogP contribution < -0.4 is 4.72 Å². The molecule has 0 unspecified atom stereocenters. The average molecular weight is 361 g/mol. The van der Waals surface area contributed by atoms with Crippen LogP contribution in [0.5, 0.6) is 0 Å². The first-order valence-electron chi connectivity index (χ1n) is 7.47. The fourth-order valence-electron chi connectivity index (χ4n) is 2.61. The summed E-state index contributed by atoms with van der Waals surface area (Å²) in [5.74, 6) is -1.30. The van der Waals surface area contributed by atoms with Crippen molar-refractivity contribution in [2.45, 2.75) is 42.4 Å². The number of methoxy groups -OCH3 is 1. The monoisotopic (exact) mass is 361 g/mol. The smallest absolute Gasteiger partial charge is 0.308 e. The van der Waals surface area contributed by atoms with E-state index < -0.39 is 51.6 Å². The Morgan fingerprint density at radius 3 is 2.75 bits per heavy atom. The van der Waals surface area contributed by atoms with Gasteiger partial charge in [-0.3, -0.25) is 4.79 Å².